The van der Waals surface area contributed by atoms with Crippen LogP contribution >= 0.6 is 11.6 Å². The Morgan fingerprint density at radius 1 is 0.968 bits per heavy atom. The third kappa shape index (κ3) is 4.01. The Morgan fingerprint density at radius 3 is 2.16 bits per heavy atom. The molecule has 0 saturated carbocycles. The van der Waals surface area contributed by atoms with Crippen LogP contribution in [0.5, 0.6) is 0 Å². The van der Waals surface area contributed by atoms with Crippen molar-refractivity contribution >= 4 is 27.6 Å². The Morgan fingerprint density at radius 2 is 1.58 bits per heavy atom. The number of rotatable bonds is 4. The standard InChI is InChI=1S/C22H20ClFN4O2S/c23-17-8-6-16(7-9-17)21-20(15-4-2-1-3-5-15)14-27(22(25)26)28(21)31(29,30)19-12-10-18(24)11-13-19/h1-13,20-21H,14H2,(H3,25,26). The highest BCUT2D eigenvalue weighted by atomic mass is 35.5. The molecule has 0 radical (unpaired) electrons. The summed E-state index contributed by atoms with van der Waals surface area (Å²) in [5, 5.41) is 9.82. The lowest BCUT2D eigenvalue weighted by atomic mass is 9.89. The van der Waals surface area contributed by atoms with Gasteiger partial charge >= 0.3 is 0 Å². The first-order valence-corrected chi connectivity index (χ1v) is 11.3. The van der Waals surface area contributed by atoms with Crippen LogP contribution in [-0.2, 0) is 10.0 Å². The maximum atomic E-state index is 13.7. The molecule has 2 unspecified atom stereocenters. The van der Waals surface area contributed by atoms with Crippen molar-refractivity contribution in [2.75, 3.05) is 6.54 Å². The van der Waals surface area contributed by atoms with Gasteiger partial charge in [0.15, 0.2) is 0 Å². The Bertz CT molecular complexity index is 1190. The predicted molar refractivity (Wildman–Crippen MR) is 117 cm³/mol. The second-order valence-corrected chi connectivity index (χ2v) is 9.44. The zero-order valence-electron chi connectivity index (χ0n) is 16.3. The summed E-state index contributed by atoms with van der Waals surface area (Å²) in [4.78, 5) is -0.0900. The van der Waals surface area contributed by atoms with Gasteiger partial charge in [0.25, 0.3) is 10.0 Å². The Hall–Kier alpha value is -2.94. The lowest BCUT2D eigenvalue weighted by Gasteiger charge is -2.32. The van der Waals surface area contributed by atoms with E-state index >= 15 is 0 Å². The summed E-state index contributed by atoms with van der Waals surface area (Å²) in [6.45, 7) is 0.188. The minimum absolute atomic E-state index is 0.0900. The van der Waals surface area contributed by atoms with Gasteiger partial charge in [-0.05, 0) is 47.5 Å². The summed E-state index contributed by atoms with van der Waals surface area (Å²) in [5.74, 6) is -1.25. The van der Waals surface area contributed by atoms with Crippen molar-refractivity contribution in [3.63, 3.8) is 0 Å². The van der Waals surface area contributed by atoms with Gasteiger partial charge in [0.2, 0.25) is 5.96 Å². The number of guanidine groups is 1. The lowest BCUT2D eigenvalue weighted by molar-refractivity contribution is 0.175. The van der Waals surface area contributed by atoms with Crippen molar-refractivity contribution < 1.29 is 12.8 Å². The van der Waals surface area contributed by atoms with Crippen LogP contribution in [0.4, 0.5) is 4.39 Å². The first kappa shape index (κ1) is 21.3. The molecule has 0 spiro atoms. The highest BCUT2D eigenvalue weighted by Crippen LogP contribution is 2.46. The number of benzene rings is 3. The van der Waals surface area contributed by atoms with Gasteiger partial charge in [-0.2, -0.15) is 0 Å². The van der Waals surface area contributed by atoms with Crippen LogP contribution in [0.1, 0.15) is 23.1 Å². The molecule has 9 heteroatoms. The van der Waals surface area contributed by atoms with E-state index in [1.165, 1.54) is 17.1 Å². The average Bonchev–Trinajstić information content (AvgIpc) is 3.17. The molecule has 1 aliphatic heterocycles. The molecule has 31 heavy (non-hydrogen) atoms. The highest BCUT2D eigenvalue weighted by Gasteiger charge is 2.49. The monoisotopic (exact) mass is 458 g/mol. The van der Waals surface area contributed by atoms with Gasteiger partial charge in [0.05, 0.1) is 10.9 Å². The molecule has 160 valence electrons. The molecule has 2 atom stereocenters. The van der Waals surface area contributed by atoms with Gasteiger partial charge in [-0.25, -0.2) is 12.8 Å². The second-order valence-electron chi connectivity index (χ2n) is 7.21. The first-order chi connectivity index (χ1) is 14.8. The largest absolute Gasteiger partial charge is 0.369 e. The topological polar surface area (TPSA) is 90.5 Å². The average molecular weight is 459 g/mol. The first-order valence-electron chi connectivity index (χ1n) is 9.51. The fourth-order valence-electron chi connectivity index (χ4n) is 3.88. The Kier molecular flexibility index (Phi) is 5.70. The molecule has 3 N–H and O–H groups in total. The molecule has 1 heterocycles. The molecular weight excluding hydrogens is 439 g/mol. The summed E-state index contributed by atoms with van der Waals surface area (Å²) < 4.78 is 41.9. The van der Waals surface area contributed by atoms with E-state index in [1.54, 1.807) is 24.3 Å². The van der Waals surface area contributed by atoms with Crippen LogP contribution in [0.15, 0.2) is 83.8 Å². The zero-order valence-corrected chi connectivity index (χ0v) is 17.9. The highest BCUT2D eigenvalue weighted by molar-refractivity contribution is 7.89. The lowest BCUT2D eigenvalue weighted by Crippen LogP contribution is -2.48. The second kappa shape index (κ2) is 8.30. The van der Waals surface area contributed by atoms with Gasteiger partial charge in [0.1, 0.15) is 5.82 Å². The fourth-order valence-corrected chi connectivity index (χ4v) is 5.68. The summed E-state index contributed by atoms with van der Waals surface area (Å²) in [5.41, 5.74) is 7.42. The minimum Gasteiger partial charge on any atom is -0.369 e. The summed E-state index contributed by atoms with van der Waals surface area (Å²) in [7, 11) is -4.16. The van der Waals surface area contributed by atoms with Crippen LogP contribution in [-0.4, -0.2) is 30.3 Å². The molecule has 0 aliphatic carbocycles. The molecule has 1 fully saturated rings. The molecule has 1 saturated heterocycles. The summed E-state index contributed by atoms with van der Waals surface area (Å²) >= 11 is 6.06. The molecule has 4 rings (SSSR count). The van der Waals surface area contributed by atoms with E-state index in [9.17, 15) is 12.8 Å². The van der Waals surface area contributed by atoms with Crippen molar-refractivity contribution in [1.82, 2.24) is 9.42 Å². The molecule has 0 bridgehead atoms. The molecule has 0 aromatic heterocycles. The smallest absolute Gasteiger partial charge is 0.260 e. The summed E-state index contributed by atoms with van der Waals surface area (Å²) in [6.07, 6.45) is 0. The number of hydrazine groups is 1. The molecule has 3 aromatic carbocycles. The van der Waals surface area contributed by atoms with E-state index in [-0.39, 0.29) is 17.4 Å². The number of hydrogen-bond acceptors (Lipinski definition) is 3. The van der Waals surface area contributed by atoms with E-state index in [1.807, 2.05) is 30.3 Å². The van der Waals surface area contributed by atoms with Crippen molar-refractivity contribution in [1.29, 1.82) is 5.41 Å². The third-order valence-electron chi connectivity index (χ3n) is 5.30. The number of halogens is 2. The van der Waals surface area contributed by atoms with E-state index in [0.29, 0.717) is 10.6 Å². The quantitative estimate of drug-likeness (QED) is 0.454. The maximum Gasteiger partial charge on any atom is 0.260 e. The fraction of sp³-hybridized carbons (Fsp3) is 0.136. The SMILES string of the molecule is N=C(N)N1CC(c2ccccc2)C(c2ccc(Cl)cc2)N1S(=O)(=O)c1ccc(F)cc1. The molecule has 0 amide bonds. The number of nitrogens with two attached hydrogens (primary N) is 1. The Balaban J connectivity index is 1.90. The predicted octanol–water partition coefficient (Wildman–Crippen LogP) is 4.12. The Labute approximate surface area is 185 Å². The van der Waals surface area contributed by atoms with Crippen LogP contribution < -0.4 is 5.73 Å². The van der Waals surface area contributed by atoms with Crippen molar-refractivity contribution in [3.8, 4) is 0 Å². The molecule has 6 nitrogen and oxygen atoms in total. The van der Waals surface area contributed by atoms with Crippen molar-refractivity contribution in [2.24, 2.45) is 5.73 Å². The van der Waals surface area contributed by atoms with E-state index < -0.39 is 27.8 Å². The number of nitrogens with one attached hydrogen (secondary N) is 1. The zero-order chi connectivity index (χ0) is 22.2. The summed E-state index contributed by atoms with van der Waals surface area (Å²) in [6, 6.07) is 20.3. The van der Waals surface area contributed by atoms with Gasteiger partial charge < -0.3 is 5.73 Å². The number of hydrogen-bond donors (Lipinski definition) is 2. The maximum absolute atomic E-state index is 13.7. The van der Waals surface area contributed by atoms with Crippen LogP contribution in [0.25, 0.3) is 0 Å². The van der Waals surface area contributed by atoms with Gasteiger partial charge in [-0.1, -0.05) is 58.5 Å². The third-order valence-corrected chi connectivity index (χ3v) is 7.34. The normalized spacial score (nSPS) is 19.5. The molecule has 3 aromatic rings. The van der Waals surface area contributed by atoms with Crippen LogP contribution in [0, 0.1) is 11.2 Å². The molecular formula is C22H20ClFN4O2S. The number of nitrogens with zero attached hydrogens (tertiary/aromatic N) is 2. The van der Waals surface area contributed by atoms with Crippen LogP contribution in [0.2, 0.25) is 5.02 Å². The molecule has 1 aliphatic rings. The van der Waals surface area contributed by atoms with Gasteiger partial charge in [-0.3, -0.25) is 10.4 Å². The van der Waals surface area contributed by atoms with Crippen molar-refractivity contribution in [2.45, 2.75) is 16.9 Å². The van der Waals surface area contributed by atoms with E-state index in [4.69, 9.17) is 22.7 Å². The van der Waals surface area contributed by atoms with Crippen LogP contribution in [0.3, 0.4) is 0 Å². The van der Waals surface area contributed by atoms with Gasteiger partial charge in [0, 0.05) is 17.5 Å². The number of sulfonamides is 1. The van der Waals surface area contributed by atoms with Crippen molar-refractivity contribution in [3.05, 3.63) is 101 Å². The van der Waals surface area contributed by atoms with Gasteiger partial charge in [-0.15, -0.1) is 0 Å². The van der Waals surface area contributed by atoms with E-state index in [0.717, 1.165) is 22.1 Å². The van der Waals surface area contributed by atoms with E-state index in [2.05, 4.69) is 0 Å². The minimum atomic E-state index is -4.16.